The third-order valence-corrected chi connectivity index (χ3v) is 6.56. The molecule has 1 aromatic carbocycles. The third-order valence-electron chi connectivity index (χ3n) is 6.56. The molecular formula is C20H30FN3O. The van der Waals surface area contributed by atoms with Crippen molar-refractivity contribution in [1.82, 2.24) is 4.90 Å². The van der Waals surface area contributed by atoms with Crippen LogP contribution in [0, 0.1) is 17.2 Å². The predicted octanol–water partition coefficient (Wildman–Crippen LogP) is 3.02. The molecule has 2 N–H and O–H groups in total. The number of hydrogen-bond donors (Lipinski definition) is 1. The third kappa shape index (κ3) is 3.66. The molecule has 0 aromatic heterocycles. The Hall–Kier alpha value is -1.62. The summed E-state index contributed by atoms with van der Waals surface area (Å²) >= 11 is 0. The van der Waals surface area contributed by atoms with Crippen LogP contribution in [0.4, 0.5) is 10.1 Å². The minimum Gasteiger partial charge on any atom is -0.371 e. The first-order valence-electron chi connectivity index (χ1n) is 9.31. The van der Waals surface area contributed by atoms with Crippen LogP contribution in [0.25, 0.3) is 0 Å². The fourth-order valence-electron chi connectivity index (χ4n) is 4.12. The monoisotopic (exact) mass is 347 g/mol. The molecule has 2 atom stereocenters. The van der Waals surface area contributed by atoms with Gasteiger partial charge in [0.1, 0.15) is 5.82 Å². The van der Waals surface area contributed by atoms with E-state index in [4.69, 9.17) is 5.73 Å². The SMILES string of the molecule is CN(C(=O)CC1CC(N)C1(C)C)C1CCN(c2ccc(F)cc2)CC1. The number of nitrogens with zero attached hydrogens (tertiary/aromatic N) is 2. The first-order chi connectivity index (χ1) is 11.8. The van der Waals surface area contributed by atoms with Crippen LogP contribution in [0.1, 0.15) is 39.5 Å². The number of benzene rings is 1. The number of carbonyl (C=O) groups excluding carboxylic acids is 1. The molecule has 0 spiro atoms. The molecule has 1 aliphatic carbocycles. The smallest absolute Gasteiger partial charge is 0.222 e. The Kier molecular flexibility index (Phi) is 5.05. The van der Waals surface area contributed by atoms with E-state index in [1.54, 1.807) is 0 Å². The first-order valence-corrected chi connectivity index (χ1v) is 9.31. The molecule has 1 amide bonds. The summed E-state index contributed by atoms with van der Waals surface area (Å²) in [5, 5.41) is 0. The lowest BCUT2D eigenvalue weighted by molar-refractivity contribution is -0.136. The van der Waals surface area contributed by atoms with Gasteiger partial charge in [0.15, 0.2) is 0 Å². The number of amides is 1. The molecule has 0 bridgehead atoms. The maximum absolute atomic E-state index is 13.1. The number of carbonyl (C=O) groups is 1. The van der Waals surface area contributed by atoms with Crippen LogP contribution in [0.15, 0.2) is 24.3 Å². The summed E-state index contributed by atoms with van der Waals surface area (Å²) in [7, 11) is 1.94. The highest BCUT2D eigenvalue weighted by Crippen LogP contribution is 2.47. The maximum atomic E-state index is 13.1. The second kappa shape index (κ2) is 6.94. The van der Waals surface area contributed by atoms with Gasteiger partial charge in [-0.1, -0.05) is 13.8 Å². The first kappa shape index (κ1) is 18.2. The zero-order valence-corrected chi connectivity index (χ0v) is 15.5. The minimum atomic E-state index is -0.206. The van der Waals surface area contributed by atoms with E-state index < -0.39 is 0 Å². The summed E-state index contributed by atoms with van der Waals surface area (Å²) in [6, 6.07) is 7.17. The van der Waals surface area contributed by atoms with Gasteiger partial charge in [0, 0.05) is 44.3 Å². The molecule has 25 heavy (non-hydrogen) atoms. The quantitative estimate of drug-likeness (QED) is 0.911. The summed E-state index contributed by atoms with van der Waals surface area (Å²) in [5.41, 5.74) is 7.19. The lowest BCUT2D eigenvalue weighted by atomic mass is 9.58. The topological polar surface area (TPSA) is 49.6 Å². The Morgan fingerprint density at radius 3 is 2.40 bits per heavy atom. The van der Waals surface area contributed by atoms with Crippen molar-refractivity contribution in [2.75, 3.05) is 25.0 Å². The van der Waals surface area contributed by atoms with E-state index in [0.717, 1.165) is 38.0 Å². The standard InChI is InChI=1S/C20H30FN3O/c1-20(2)14(12-18(20)22)13-19(25)23(3)16-8-10-24(11-9-16)17-6-4-15(21)5-7-17/h4-7,14,16,18H,8-13,22H2,1-3H3. The predicted molar refractivity (Wildman–Crippen MR) is 98.9 cm³/mol. The van der Waals surface area contributed by atoms with Gasteiger partial charge in [-0.2, -0.15) is 0 Å². The molecule has 3 rings (SSSR count). The molecule has 0 radical (unpaired) electrons. The molecule has 4 nitrogen and oxygen atoms in total. The molecule has 1 saturated carbocycles. The number of piperidine rings is 1. The van der Waals surface area contributed by atoms with Crippen LogP contribution in [0.2, 0.25) is 0 Å². The van der Waals surface area contributed by atoms with Gasteiger partial charge in [0.05, 0.1) is 0 Å². The Morgan fingerprint density at radius 1 is 1.28 bits per heavy atom. The lowest BCUT2D eigenvalue weighted by Crippen LogP contribution is -2.56. The van der Waals surface area contributed by atoms with E-state index >= 15 is 0 Å². The summed E-state index contributed by atoms with van der Waals surface area (Å²) in [5.74, 6) is 0.435. The van der Waals surface area contributed by atoms with Gasteiger partial charge in [-0.05, 0) is 54.9 Å². The van der Waals surface area contributed by atoms with Crippen LogP contribution < -0.4 is 10.6 Å². The highest BCUT2D eigenvalue weighted by atomic mass is 19.1. The van der Waals surface area contributed by atoms with E-state index in [-0.39, 0.29) is 23.2 Å². The summed E-state index contributed by atoms with van der Waals surface area (Å²) in [6.07, 6.45) is 3.46. The van der Waals surface area contributed by atoms with E-state index in [0.29, 0.717) is 18.4 Å². The largest absolute Gasteiger partial charge is 0.371 e. The van der Waals surface area contributed by atoms with Crippen molar-refractivity contribution in [3.8, 4) is 0 Å². The van der Waals surface area contributed by atoms with Crippen molar-refractivity contribution in [2.45, 2.75) is 51.6 Å². The number of nitrogens with two attached hydrogens (primary N) is 1. The van der Waals surface area contributed by atoms with Crippen molar-refractivity contribution in [1.29, 1.82) is 0 Å². The Balaban J connectivity index is 1.50. The second-order valence-corrected chi connectivity index (χ2v) is 8.26. The zero-order valence-electron chi connectivity index (χ0n) is 15.5. The van der Waals surface area contributed by atoms with Gasteiger partial charge in [-0.15, -0.1) is 0 Å². The molecule has 2 aliphatic rings. The summed E-state index contributed by atoms with van der Waals surface area (Å²) < 4.78 is 13.1. The molecule has 1 aromatic rings. The van der Waals surface area contributed by atoms with E-state index in [1.807, 2.05) is 24.1 Å². The summed E-state index contributed by atoms with van der Waals surface area (Å²) in [4.78, 5) is 16.9. The van der Waals surface area contributed by atoms with E-state index in [9.17, 15) is 9.18 Å². The Labute approximate surface area is 150 Å². The maximum Gasteiger partial charge on any atom is 0.222 e. The molecular weight excluding hydrogens is 317 g/mol. The van der Waals surface area contributed by atoms with Crippen LogP contribution in [0.5, 0.6) is 0 Å². The molecule has 2 unspecified atom stereocenters. The fraction of sp³-hybridized carbons (Fsp3) is 0.650. The normalized spacial score (nSPS) is 26.2. The van der Waals surface area contributed by atoms with Crippen molar-refractivity contribution in [3.05, 3.63) is 30.1 Å². The summed E-state index contributed by atoms with van der Waals surface area (Å²) in [6.45, 7) is 6.13. The number of halogens is 1. The number of hydrogen-bond acceptors (Lipinski definition) is 3. The Bertz CT molecular complexity index is 608. The van der Waals surface area contributed by atoms with Crippen LogP contribution in [-0.2, 0) is 4.79 Å². The van der Waals surface area contributed by atoms with Gasteiger partial charge in [0.2, 0.25) is 5.91 Å². The van der Waals surface area contributed by atoms with Crippen LogP contribution in [-0.4, -0.2) is 43.0 Å². The van der Waals surface area contributed by atoms with Gasteiger partial charge < -0.3 is 15.5 Å². The molecule has 2 fully saturated rings. The van der Waals surface area contributed by atoms with Crippen molar-refractivity contribution >= 4 is 11.6 Å². The van der Waals surface area contributed by atoms with E-state index in [1.165, 1.54) is 12.1 Å². The molecule has 1 heterocycles. The average molecular weight is 347 g/mol. The average Bonchev–Trinajstić information content (AvgIpc) is 2.61. The molecule has 1 aliphatic heterocycles. The lowest BCUT2D eigenvalue weighted by Gasteiger charge is -2.51. The zero-order chi connectivity index (χ0) is 18.2. The van der Waals surface area contributed by atoms with Crippen LogP contribution >= 0.6 is 0 Å². The Morgan fingerprint density at radius 2 is 1.88 bits per heavy atom. The second-order valence-electron chi connectivity index (χ2n) is 8.26. The molecule has 138 valence electrons. The number of rotatable bonds is 4. The van der Waals surface area contributed by atoms with Crippen LogP contribution in [0.3, 0.4) is 0 Å². The number of anilines is 1. The van der Waals surface area contributed by atoms with Gasteiger partial charge in [-0.3, -0.25) is 4.79 Å². The van der Waals surface area contributed by atoms with Crippen molar-refractivity contribution < 1.29 is 9.18 Å². The highest BCUT2D eigenvalue weighted by molar-refractivity contribution is 5.76. The molecule has 5 heteroatoms. The van der Waals surface area contributed by atoms with Gasteiger partial charge in [-0.25, -0.2) is 4.39 Å². The van der Waals surface area contributed by atoms with Crippen molar-refractivity contribution in [2.24, 2.45) is 17.1 Å². The molecule has 1 saturated heterocycles. The van der Waals surface area contributed by atoms with Gasteiger partial charge >= 0.3 is 0 Å². The van der Waals surface area contributed by atoms with Crippen molar-refractivity contribution in [3.63, 3.8) is 0 Å². The van der Waals surface area contributed by atoms with E-state index in [2.05, 4.69) is 18.7 Å². The minimum absolute atomic E-state index is 0.0719. The fourth-order valence-corrected chi connectivity index (χ4v) is 4.12. The highest BCUT2D eigenvalue weighted by Gasteiger charge is 2.47. The van der Waals surface area contributed by atoms with Gasteiger partial charge in [0.25, 0.3) is 0 Å².